The first-order chi connectivity index (χ1) is 12.1. The summed E-state index contributed by atoms with van der Waals surface area (Å²) in [5.74, 6) is 0. The summed E-state index contributed by atoms with van der Waals surface area (Å²) < 4.78 is 4.03. The smallest absolute Gasteiger partial charge is 0.180 e. The first-order valence-electron chi connectivity index (χ1n) is 8.51. The number of hydrogen-bond acceptors (Lipinski definition) is 2. The molecule has 25 heavy (non-hydrogen) atoms. The number of aliphatic hydroxyl groups is 1. The zero-order chi connectivity index (χ0) is 17.6. The molecule has 3 rings (SSSR count). The number of hydrogen-bond donors (Lipinski definition) is 1. The molecule has 0 amide bonds. The molecule has 3 aromatic rings. The van der Waals surface area contributed by atoms with Crippen molar-refractivity contribution in [2.75, 3.05) is 19.0 Å². The minimum Gasteiger partial charge on any atom is -0.381 e. The first kappa shape index (κ1) is 17.1. The van der Waals surface area contributed by atoms with Crippen molar-refractivity contribution in [1.29, 1.82) is 0 Å². The predicted molar refractivity (Wildman–Crippen MR) is 99.0 cm³/mol. The van der Waals surface area contributed by atoms with E-state index in [2.05, 4.69) is 41.3 Å². The lowest BCUT2D eigenvalue weighted by Gasteiger charge is -2.11. The highest BCUT2D eigenvalue weighted by atomic mass is 16.3. The topological polar surface area (TPSA) is 31.2 Å². The third-order valence-corrected chi connectivity index (χ3v) is 4.23. The normalized spacial score (nSPS) is 12.0. The van der Waals surface area contributed by atoms with Gasteiger partial charge in [0.25, 0.3) is 0 Å². The van der Waals surface area contributed by atoms with Crippen LogP contribution in [0.15, 0.2) is 79.4 Å². The molecule has 0 aliphatic carbocycles. The van der Waals surface area contributed by atoms with Crippen LogP contribution in [0.1, 0.15) is 0 Å². The number of aromatic nitrogens is 2. The van der Waals surface area contributed by atoms with Crippen molar-refractivity contribution in [2.45, 2.75) is 19.2 Å². The van der Waals surface area contributed by atoms with Crippen LogP contribution in [0.3, 0.4) is 0 Å². The van der Waals surface area contributed by atoms with Gasteiger partial charge in [-0.1, -0.05) is 30.3 Å². The Bertz CT molecular complexity index is 784. The molecule has 1 unspecified atom stereocenters. The van der Waals surface area contributed by atoms with Crippen LogP contribution in [0.25, 0.3) is 11.1 Å². The second kappa shape index (κ2) is 7.90. The highest BCUT2D eigenvalue weighted by Crippen LogP contribution is 2.16. The van der Waals surface area contributed by atoms with Crippen LogP contribution in [0.4, 0.5) is 5.69 Å². The predicted octanol–water partition coefficient (Wildman–Crippen LogP) is 2.06. The third-order valence-electron chi connectivity index (χ3n) is 4.23. The van der Waals surface area contributed by atoms with Gasteiger partial charge in [0.05, 0.1) is 0 Å². The molecule has 0 spiro atoms. The zero-order valence-electron chi connectivity index (χ0n) is 14.8. The Labute approximate surface area is 149 Å². The fourth-order valence-corrected chi connectivity index (χ4v) is 2.82. The number of nitrogens with zero attached hydrogens (tertiary/aromatic N) is 3. The van der Waals surface area contributed by atoms with Gasteiger partial charge in [0.15, 0.2) is 44.0 Å². The number of aliphatic hydroxyl groups excluding tert-OH is 1. The number of pyridine rings is 2. The number of rotatable bonds is 6. The maximum atomic E-state index is 10.4. The van der Waals surface area contributed by atoms with Crippen molar-refractivity contribution in [2.24, 2.45) is 0 Å². The van der Waals surface area contributed by atoms with E-state index < -0.39 is 6.10 Å². The van der Waals surface area contributed by atoms with Gasteiger partial charge in [0, 0.05) is 44.0 Å². The number of anilines is 1. The maximum absolute atomic E-state index is 10.4. The molecule has 2 heterocycles. The fourth-order valence-electron chi connectivity index (χ4n) is 2.82. The number of benzene rings is 1. The minimum absolute atomic E-state index is 0.442. The molecule has 4 nitrogen and oxygen atoms in total. The molecule has 0 saturated heterocycles. The Kier molecular flexibility index (Phi) is 5.41. The molecule has 1 aromatic carbocycles. The lowest BCUT2D eigenvalue weighted by Crippen LogP contribution is -2.47. The van der Waals surface area contributed by atoms with E-state index in [1.165, 1.54) is 11.1 Å². The summed E-state index contributed by atoms with van der Waals surface area (Å²) in [7, 11) is 4.04. The minimum atomic E-state index is -0.442. The molecule has 0 bridgehead atoms. The van der Waals surface area contributed by atoms with Crippen LogP contribution in [-0.2, 0) is 13.1 Å². The molecule has 128 valence electrons. The van der Waals surface area contributed by atoms with Crippen LogP contribution < -0.4 is 14.0 Å². The molecule has 0 fully saturated rings. The van der Waals surface area contributed by atoms with Crippen molar-refractivity contribution in [3.05, 3.63) is 79.4 Å². The molecule has 0 radical (unpaired) electrons. The highest BCUT2D eigenvalue weighted by Gasteiger charge is 2.16. The molecular weight excluding hydrogens is 310 g/mol. The lowest BCUT2D eigenvalue weighted by atomic mass is 10.1. The van der Waals surface area contributed by atoms with Crippen LogP contribution >= 0.6 is 0 Å². The van der Waals surface area contributed by atoms with Gasteiger partial charge < -0.3 is 10.0 Å². The van der Waals surface area contributed by atoms with E-state index in [1.54, 1.807) is 0 Å². The standard InChI is InChI=1S/C21H25N3O/c1-22(2)20-10-14-24(15-11-20)17-21(25)16-23-12-8-19(9-13-23)18-6-4-3-5-7-18/h3-15,21,25H,16-17H2,1-2H3/q+2. The van der Waals surface area contributed by atoms with E-state index in [-0.39, 0.29) is 0 Å². The van der Waals surface area contributed by atoms with Gasteiger partial charge in [-0.25, -0.2) is 9.13 Å². The van der Waals surface area contributed by atoms with E-state index in [0.717, 1.165) is 5.69 Å². The van der Waals surface area contributed by atoms with Crippen molar-refractivity contribution < 1.29 is 14.2 Å². The third kappa shape index (κ3) is 4.64. The maximum Gasteiger partial charge on any atom is 0.180 e. The summed E-state index contributed by atoms with van der Waals surface area (Å²) in [6.07, 6.45) is 7.60. The van der Waals surface area contributed by atoms with Gasteiger partial charge in [0.2, 0.25) is 0 Å². The van der Waals surface area contributed by atoms with E-state index in [1.807, 2.05) is 66.2 Å². The van der Waals surface area contributed by atoms with Crippen molar-refractivity contribution in [3.63, 3.8) is 0 Å². The van der Waals surface area contributed by atoms with E-state index in [9.17, 15) is 5.11 Å². The monoisotopic (exact) mass is 335 g/mol. The van der Waals surface area contributed by atoms with E-state index in [0.29, 0.717) is 13.1 Å². The highest BCUT2D eigenvalue weighted by molar-refractivity contribution is 5.61. The van der Waals surface area contributed by atoms with Gasteiger partial charge in [0.1, 0.15) is 0 Å². The van der Waals surface area contributed by atoms with E-state index >= 15 is 0 Å². The Hall–Kier alpha value is -2.72. The van der Waals surface area contributed by atoms with Crippen molar-refractivity contribution in [1.82, 2.24) is 0 Å². The van der Waals surface area contributed by atoms with Gasteiger partial charge in [-0.05, 0) is 11.1 Å². The van der Waals surface area contributed by atoms with Crippen LogP contribution in [-0.4, -0.2) is 25.3 Å². The van der Waals surface area contributed by atoms with Crippen LogP contribution in [0.2, 0.25) is 0 Å². The summed E-state index contributed by atoms with van der Waals surface area (Å²) in [5.41, 5.74) is 3.53. The second-order valence-corrected chi connectivity index (χ2v) is 6.45. The summed E-state index contributed by atoms with van der Waals surface area (Å²) in [6, 6.07) is 18.6. The molecule has 4 heteroatoms. The molecule has 2 aromatic heterocycles. The molecule has 0 aliphatic rings. The summed E-state index contributed by atoms with van der Waals surface area (Å²) >= 11 is 0. The summed E-state index contributed by atoms with van der Waals surface area (Å²) in [5, 5.41) is 10.4. The average molecular weight is 335 g/mol. The molecular formula is C21H25N3O+2. The largest absolute Gasteiger partial charge is 0.381 e. The van der Waals surface area contributed by atoms with E-state index in [4.69, 9.17) is 0 Å². The second-order valence-electron chi connectivity index (χ2n) is 6.45. The average Bonchev–Trinajstić information content (AvgIpc) is 2.63. The molecule has 0 saturated carbocycles. The zero-order valence-corrected chi connectivity index (χ0v) is 14.8. The van der Waals surface area contributed by atoms with Gasteiger partial charge in [-0.2, -0.15) is 0 Å². The Balaban J connectivity index is 1.60. The Morgan fingerprint density at radius 2 is 1.24 bits per heavy atom. The summed E-state index contributed by atoms with van der Waals surface area (Å²) in [6.45, 7) is 1.14. The Morgan fingerprint density at radius 3 is 1.76 bits per heavy atom. The SMILES string of the molecule is CN(C)c1cc[n+](CC(O)C[n+]2ccc(-c3ccccc3)cc2)cc1. The molecule has 1 atom stereocenters. The Morgan fingerprint density at radius 1 is 0.760 bits per heavy atom. The molecule has 1 N–H and O–H groups in total. The van der Waals surface area contributed by atoms with Crippen LogP contribution in [0.5, 0.6) is 0 Å². The van der Waals surface area contributed by atoms with Crippen molar-refractivity contribution in [3.8, 4) is 11.1 Å². The van der Waals surface area contributed by atoms with Gasteiger partial charge in [-0.3, -0.25) is 0 Å². The lowest BCUT2D eigenvalue weighted by molar-refractivity contribution is -0.737. The van der Waals surface area contributed by atoms with Gasteiger partial charge >= 0.3 is 0 Å². The van der Waals surface area contributed by atoms with Crippen molar-refractivity contribution >= 4 is 5.69 Å². The molecule has 0 aliphatic heterocycles. The quantitative estimate of drug-likeness (QED) is 0.699. The van der Waals surface area contributed by atoms with Gasteiger partial charge in [-0.15, -0.1) is 0 Å². The fraction of sp³-hybridized carbons (Fsp3) is 0.238. The van der Waals surface area contributed by atoms with Crippen LogP contribution in [0, 0.1) is 0 Å². The first-order valence-corrected chi connectivity index (χ1v) is 8.51. The summed E-state index contributed by atoms with van der Waals surface area (Å²) in [4.78, 5) is 2.06.